The highest BCUT2D eigenvalue weighted by Gasteiger charge is 2.20. The number of rotatable bonds is 11. The molecule has 0 amide bonds. The summed E-state index contributed by atoms with van der Waals surface area (Å²) >= 11 is 0. The van der Waals surface area contributed by atoms with E-state index in [1.165, 1.54) is 0 Å². The van der Waals surface area contributed by atoms with E-state index in [-0.39, 0.29) is 5.56 Å². The summed E-state index contributed by atoms with van der Waals surface area (Å²) < 4.78 is 16.5. The molecular weight excluding hydrogens is 356 g/mol. The van der Waals surface area contributed by atoms with E-state index < -0.39 is 18.2 Å². The van der Waals surface area contributed by atoms with Crippen molar-refractivity contribution in [2.45, 2.75) is 45.3 Å². The van der Waals surface area contributed by atoms with Crippen LogP contribution in [0.1, 0.15) is 49.4 Å². The van der Waals surface area contributed by atoms with E-state index in [1.54, 1.807) is 48.5 Å². The molecule has 0 aliphatic carbocycles. The quantitative estimate of drug-likeness (QED) is 0.178. The number of esters is 2. The van der Waals surface area contributed by atoms with E-state index in [2.05, 4.69) is 19.6 Å². The number of carbonyl (C=O) groups excluding carboxylic acids is 2. The van der Waals surface area contributed by atoms with Crippen LogP contribution < -0.4 is 9.47 Å². The molecular formula is C23H25O5. The van der Waals surface area contributed by atoms with E-state index in [0.29, 0.717) is 17.9 Å². The fourth-order valence-electron chi connectivity index (χ4n) is 2.53. The Hall–Kier alpha value is -3.08. The second-order valence-electron chi connectivity index (χ2n) is 6.15. The second kappa shape index (κ2) is 11.6. The molecule has 0 aromatic heterocycles. The highest BCUT2D eigenvalue weighted by molar-refractivity contribution is 5.94. The van der Waals surface area contributed by atoms with Gasteiger partial charge in [-0.25, -0.2) is 9.59 Å². The Bertz CT molecular complexity index is 770. The molecule has 28 heavy (non-hydrogen) atoms. The predicted octanol–water partition coefficient (Wildman–Crippen LogP) is 5.11. The van der Waals surface area contributed by atoms with Gasteiger partial charge in [-0.3, -0.25) is 0 Å². The molecule has 0 fully saturated rings. The highest BCUT2D eigenvalue weighted by atomic mass is 16.7. The Labute approximate surface area is 165 Å². The number of hydrogen-bond donors (Lipinski definition) is 0. The van der Waals surface area contributed by atoms with Gasteiger partial charge in [0.1, 0.15) is 17.1 Å². The summed E-state index contributed by atoms with van der Waals surface area (Å²) in [6.45, 7) is 5.54. The molecule has 0 heterocycles. The van der Waals surface area contributed by atoms with Crippen molar-refractivity contribution in [3.63, 3.8) is 0 Å². The summed E-state index contributed by atoms with van der Waals surface area (Å²) in [5.41, 5.74) is 0.243. The monoisotopic (exact) mass is 381 g/mol. The fraction of sp³-hybridized carbons (Fsp3) is 0.304. The number of carbonyl (C=O) groups is 2. The molecule has 1 atom stereocenters. The molecule has 2 aromatic rings. The van der Waals surface area contributed by atoms with Gasteiger partial charge in [-0.15, -0.1) is 0 Å². The first-order chi connectivity index (χ1) is 13.6. The molecule has 0 N–H and O–H groups in total. The van der Waals surface area contributed by atoms with Crippen molar-refractivity contribution in [2.75, 3.05) is 0 Å². The number of unbranched alkanes of at least 4 members (excludes halogenated alkanes) is 3. The largest absolute Gasteiger partial charge is 0.454 e. The molecule has 5 nitrogen and oxygen atoms in total. The summed E-state index contributed by atoms with van der Waals surface area (Å²) in [4.78, 5) is 24.2. The van der Waals surface area contributed by atoms with E-state index in [4.69, 9.17) is 14.2 Å². The molecule has 0 aliphatic rings. The van der Waals surface area contributed by atoms with Crippen molar-refractivity contribution in [1.29, 1.82) is 0 Å². The van der Waals surface area contributed by atoms with Crippen molar-refractivity contribution < 1.29 is 23.8 Å². The van der Waals surface area contributed by atoms with Crippen LogP contribution in [0.3, 0.4) is 0 Å². The van der Waals surface area contributed by atoms with Crippen LogP contribution in [0.4, 0.5) is 0 Å². The number of benzene rings is 2. The highest BCUT2D eigenvalue weighted by Crippen LogP contribution is 2.23. The molecule has 147 valence electrons. The van der Waals surface area contributed by atoms with E-state index >= 15 is 0 Å². The molecule has 1 unspecified atom stereocenters. The lowest BCUT2D eigenvalue weighted by atomic mass is 10.1. The van der Waals surface area contributed by atoms with Crippen LogP contribution in [0.5, 0.6) is 11.5 Å². The predicted molar refractivity (Wildman–Crippen MR) is 106 cm³/mol. The van der Waals surface area contributed by atoms with Gasteiger partial charge in [-0.2, -0.15) is 0 Å². The molecule has 0 aliphatic heterocycles. The molecule has 0 saturated heterocycles. The Morgan fingerprint density at radius 2 is 1.89 bits per heavy atom. The van der Waals surface area contributed by atoms with Crippen LogP contribution in [0, 0.1) is 6.07 Å². The molecule has 5 heteroatoms. The van der Waals surface area contributed by atoms with Crippen molar-refractivity contribution in [2.24, 2.45) is 0 Å². The van der Waals surface area contributed by atoms with Gasteiger partial charge in [0.05, 0.1) is 0 Å². The Morgan fingerprint density at radius 1 is 1.11 bits per heavy atom. The van der Waals surface area contributed by atoms with E-state index in [9.17, 15) is 9.59 Å². The Balaban J connectivity index is 2.11. The molecule has 0 bridgehead atoms. The standard InChI is InChI=1S/C23H25O5/c1-3-5-6-10-17-22(28-21(24)4-2)27-20-16-12-11-15-19(20)23(25)26-18-13-8-7-9-14-18/h4,7-9,11-13,15-16,22H,2-3,5-6,10,17H2,1H3. The zero-order valence-corrected chi connectivity index (χ0v) is 16.1. The van der Waals surface area contributed by atoms with Crippen molar-refractivity contribution in [1.82, 2.24) is 0 Å². The van der Waals surface area contributed by atoms with Gasteiger partial charge in [0.2, 0.25) is 6.29 Å². The topological polar surface area (TPSA) is 61.8 Å². The lowest BCUT2D eigenvalue weighted by Gasteiger charge is -2.20. The van der Waals surface area contributed by atoms with Crippen LogP contribution >= 0.6 is 0 Å². The van der Waals surface area contributed by atoms with Crippen LogP contribution in [-0.4, -0.2) is 18.2 Å². The van der Waals surface area contributed by atoms with Gasteiger partial charge in [0, 0.05) is 18.6 Å². The maximum atomic E-state index is 12.5. The first-order valence-electron chi connectivity index (χ1n) is 9.41. The van der Waals surface area contributed by atoms with Crippen LogP contribution in [-0.2, 0) is 9.53 Å². The fourth-order valence-corrected chi connectivity index (χ4v) is 2.53. The first kappa shape index (κ1) is 21.2. The lowest BCUT2D eigenvalue weighted by Crippen LogP contribution is -2.24. The smallest absolute Gasteiger partial charge is 0.347 e. The number of para-hydroxylation sites is 2. The summed E-state index contributed by atoms with van der Waals surface area (Å²) in [5, 5.41) is 0. The summed E-state index contributed by atoms with van der Waals surface area (Å²) in [6, 6.07) is 16.4. The third kappa shape index (κ3) is 6.91. The number of ether oxygens (including phenoxy) is 3. The minimum atomic E-state index is -0.806. The second-order valence-corrected chi connectivity index (χ2v) is 6.15. The van der Waals surface area contributed by atoms with Gasteiger partial charge in [0.25, 0.3) is 0 Å². The lowest BCUT2D eigenvalue weighted by molar-refractivity contribution is -0.158. The normalized spacial score (nSPS) is 11.3. The molecule has 1 radical (unpaired) electrons. The van der Waals surface area contributed by atoms with Gasteiger partial charge in [0.15, 0.2) is 0 Å². The zero-order chi connectivity index (χ0) is 20.2. The maximum Gasteiger partial charge on any atom is 0.347 e. The van der Waals surface area contributed by atoms with Crippen LogP contribution in [0.2, 0.25) is 0 Å². The summed E-state index contributed by atoms with van der Waals surface area (Å²) in [6.07, 6.45) is 4.86. The van der Waals surface area contributed by atoms with E-state index in [0.717, 1.165) is 31.8 Å². The summed E-state index contributed by atoms with van der Waals surface area (Å²) in [7, 11) is 0. The van der Waals surface area contributed by atoms with Crippen LogP contribution in [0.25, 0.3) is 0 Å². The van der Waals surface area contributed by atoms with Gasteiger partial charge >= 0.3 is 11.9 Å². The number of hydrogen-bond acceptors (Lipinski definition) is 5. The SMILES string of the molecule is C=CC(=O)OC(CCCCCC)Oc1ccccc1C(=O)Oc1[c]cccc1. The van der Waals surface area contributed by atoms with Crippen molar-refractivity contribution in [3.8, 4) is 11.5 Å². The molecule has 2 rings (SSSR count). The average Bonchev–Trinajstić information content (AvgIpc) is 2.72. The average molecular weight is 381 g/mol. The zero-order valence-electron chi connectivity index (χ0n) is 16.1. The van der Waals surface area contributed by atoms with Crippen molar-refractivity contribution >= 4 is 11.9 Å². The third-order valence-corrected chi connectivity index (χ3v) is 3.96. The minimum absolute atomic E-state index is 0.243. The Kier molecular flexibility index (Phi) is 8.79. The molecule has 0 spiro atoms. The third-order valence-electron chi connectivity index (χ3n) is 3.96. The molecule has 2 aromatic carbocycles. The van der Waals surface area contributed by atoms with Crippen LogP contribution in [0.15, 0.2) is 61.2 Å². The first-order valence-corrected chi connectivity index (χ1v) is 9.41. The summed E-state index contributed by atoms with van der Waals surface area (Å²) in [5.74, 6) is -0.533. The molecule has 0 saturated carbocycles. The Morgan fingerprint density at radius 3 is 2.61 bits per heavy atom. The van der Waals surface area contributed by atoms with E-state index in [1.807, 2.05) is 0 Å². The van der Waals surface area contributed by atoms with Gasteiger partial charge in [-0.05, 0) is 24.6 Å². The van der Waals surface area contributed by atoms with Gasteiger partial charge in [-0.1, -0.05) is 63.1 Å². The van der Waals surface area contributed by atoms with Gasteiger partial charge < -0.3 is 14.2 Å². The minimum Gasteiger partial charge on any atom is -0.454 e. The van der Waals surface area contributed by atoms with Crippen molar-refractivity contribution in [3.05, 3.63) is 72.8 Å². The maximum absolute atomic E-state index is 12.5.